The molecule has 0 fully saturated rings. The van der Waals surface area contributed by atoms with E-state index in [4.69, 9.17) is 18.9 Å². The molecule has 0 spiro atoms. The molecule has 4 aromatic rings. The van der Waals surface area contributed by atoms with Crippen LogP contribution in [-0.2, 0) is 19.1 Å². The van der Waals surface area contributed by atoms with Gasteiger partial charge in [0.2, 0.25) is 0 Å². The van der Waals surface area contributed by atoms with Crippen LogP contribution in [0.3, 0.4) is 0 Å². The molecule has 8 nitrogen and oxygen atoms in total. The first-order valence-corrected chi connectivity index (χ1v) is 14.1. The van der Waals surface area contributed by atoms with Crippen LogP contribution in [0.2, 0.25) is 0 Å². The van der Waals surface area contributed by atoms with Crippen molar-refractivity contribution in [3.63, 3.8) is 0 Å². The van der Waals surface area contributed by atoms with Gasteiger partial charge in [0.1, 0.15) is 11.5 Å². The van der Waals surface area contributed by atoms with Crippen LogP contribution in [0.15, 0.2) is 120 Å². The summed E-state index contributed by atoms with van der Waals surface area (Å²) < 4.78 is 21.6. The molecule has 0 aromatic heterocycles. The van der Waals surface area contributed by atoms with E-state index in [2.05, 4.69) is 10.6 Å². The van der Waals surface area contributed by atoms with E-state index in [0.717, 1.165) is 22.3 Å². The molecule has 1 aliphatic carbocycles. The summed E-state index contributed by atoms with van der Waals surface area (Å²) in [5.41, 5.74) is 6.32. The molecular formula is C36H34N2O6. The first kappa shape index (κ1) is 30.0. The maximum Gasteiger partial charge on any atom is 0.335 e. The summed E-state index contributed by atoms with van der Waals surface area (Å²) in [6.07, 6.45) is 1.76. The quantitative estimate of drug-likeness (QED) is 0.194. The van der Waals surface area contributed by atoms with Crippen molar-refractivity contribution in [2.75, 3.05) is 39.1 Å². The highest BCUT2D eigenvalue weighted by Gasteiger charge is 2.33. The number of methoxy groups -OCH3 is 4. The Labute approximate surface area is 256 Å². The Morgan fingerprint density at radius 1 is 0.636 bits per heavy atom. The van der Waals surface area contributed by atoms with Gasteiger partial charge < -0.3 is 29.6 Å². The van der Waals surface area contributed by atoms with E-state index in [1.807, 2.05) is 97.1 Å². The first-order chi connectivity index (χ1) is 21.4. The second kappa shape index (κ2) is 13.6. The second-order valence-corrected chi connectivity index (χ2v) is 10.1. The maximum atomic E-state index is 13.2. The van der Waals surface area contributed by atoms with Crippen molar-refractivity contribution in [2.45, 2.75) is 12.5 Å². The Morgan fingerprint density at radius 2 is 1.16 bits per heavy atom. The zero-order valence-corrected chi connectivity index (χ0v) is 25.0. The smallest absolute Gasteiger partial charge is 0.335 e. The minimum absolute atomic E-state index is 0.134. The Kier molecular flexibility index (Phi) is 9.30. The van der Waals surface area contributed by atoms with E-state index < -0.39 is 18.0 Å². The highest BCUT2D eigenvalue weighted by atomic mass is 16.5. The lowest BCUT2D eigenvalue weighted by atomic mass is 9.90. The molecule has 0 saturated heterocycles. The number of carbonyl (C=O) groups is 2. The van der Waals surface area contributed by atoms with Gasteiger partial charge in [-0.25, -0.2) is 9.59 Å². The number of anilines is 2. The van der Waals surface area contributed by atoms with Gasteiger partial charge in [0.15, 0.2) is 0 Å². The van der Waals surface area contributed by atoms with E-state index in [9.17, 15) is 9.59 Å². The Morgan fingerprint density at radius 3 is 1.68 bits per heavy atom. The van der Waals surface area contributed by atoms with Crippen LogP contribution in [0, 0.1) is 0 Å². The van der Waals surface area contributed by atoms with Crippen LogP contribution in [0.25, 0.3) is 22.3 Å². The predicted molar refractivity (Wildman–Crippen MR) is 172 cm³/mol. The third-order valence-corrected chi connectivity index (χ3v) is 7.47. The van der Waals surface area contributed by atoms with Gasteiger partial charge in [-0.15, -0.1) is 0 Å². The number of nitrogens with one attached hydrogen (secondary N) is 2. The third-order valence-electron chi connectivity index (χ3n) is 7.47. The van der Waals surface area contributed by atoms with Gasteiger partial charge in [0.05, 0.1) is 57.0 Å². The van der Waals surface area contributed by atoms with Gasteiger partial charge in [-0.2, -0.15) is 0 Å². The third kappa shape index (κ3) is 6.44. The zero-order valence-electron chi connectivity index (χ0n) is 25.0. The van der Waals surface area contributed by atoms with Gasteiger partial charge in [0.25, 0.3) is 0 Å². The molecule has 5 rings (SSSR count). The molecule has 1 atom stereocenters. The van der Waals surface area contributed by atoms with Crippen molar-refractivity contribution in [3.05, 3.63) is 120 Å². The summed E-state index contributed by atoms with van der Waals surface area (Å²) in [5.74, 6) is 0.0950. The van der Waals surface area contributed by atoms with Crippen molar-refractivity contribution in [3.8, 4) is 33.8 Å². The van der Waals surface area contributed by atoms with E-state index in [1.54, 1.807) is 20.3 Å². The minimum Gasteiger partial charge on any atom is -0.495 e. The minimum atomic E-state index is -0.625. The molecule has 2 N–H and O–H groups in total. The number of benzene rings is 4. The van der Waals surface area contributed by atoms with Gasteiger partial charge >= 0.3 is 11.9 Å². The molecule has 224 valence electrons. The van der Waals surface area contributed by atoms with Crippen LogP contribution in [0.4, 0.5) is 11.4 Å². The molecule has 1 unspecified atom stereocenters. The summed E-state index contributed by atoms with van der Waals surface area (Å²) in [7, 11) is 5.82. The predicted octanol–water partition coefficient (Wildman–Crippen LogP) is 6.86. The molecular weight excluding hydrogens is 556 g/mol. The van der Waals surface area contributed by atoms with Gasteiger partial charge in [0, 0.05) is 12.1 Å². The SMILES string of the molecule is COC(=O)C1=CC(Nc2cc(-c3ccccc3)ccc2OC)=C(C(=O)OC)CC1Nc1cc(-c2ccccc2)ccc1OC. The summed E-state index contributed by atoms with van der Waals surface area (Å²) >= 11 is 0. The number of rotatable bonds is 10. The molecule has 0 saturated carbocycles. The van der Waals surface area contributed by atoms with Gasteiger partial charge in [-0.1, -0.05) is 72.8 Å². The summed E-state index contributed by atoms with van der Waals surface area (Å²) in [6.45, 7) is 0. The lowest BCUT2D eigenvalue weighted by Crippen LogP contribution is -2.33. The van der Waals surface area contributed by atoms with Crippen LogP contribution >= 0.6 is 0 Å². The fourth-order valence-corrected chi connectivity index (χ4v) is 5.22. The number of hydrogen-bond acceptors (Lipinski definition) is 8. The van der Waals surface area contributed by atoms with Crippen LogP contribution in [0.1, 0.15) is 6.42 Å². The summed E-state index contributed by atoms with van der Waals surface area (Å²) in [5, 5.41) is 6.77. The van der Waals surface area contributed by atoms with Crippen LogP contribution < -0.4 is 20.1 Å². The first-order valence-electron chi connectivity index (χ1n) is 14.1. The van der Waals surface area contributed by atoms with Crippen molar-refractivity contribution in [1.82, 2.24) is 0 Å². The van der Waals surface area contributed by atoms with E-state index >= 15 is 0 Å². The van der Waals surface area contributed by atoms with Crippen LogP contribution in [0.5, 0.6) is 11.5 Å². The molecule has 44 heavy (non-hydrogen) atoms. The molecule has 4 aromatic carbocycles. The normalized spacial score (nSPS) is 14.3. The van der Waals surface area contributed by atoms with Gasteiger partial charge in [-0.05, 0) is 52.6 Å². The number of allylic oxidation sites excluding steroid dienone is 1. The molecule has 0 aliphatic heterocycles. The molecule has 0 heterocycles. The molecule has 0 radical (unpaired) electrons. The lowest BCUT2D eigenvalue weighted by molar-refractivity contribution is -0.138. The Hall–Kier alpha value is -5.50. The fraction of sp³-hybridized carbons (Fsp3) is 0.167. The van der Waals surface area contributed by atoms with Crippen molar-refractivity contribution < 1.29 is 28.5 Å². The zero-order chi connectivity index (χ0) is 31.1. The fourth-order valence-electron chi connectivity index (χ4n) is 5.22. The average molecular weight is 591 g/mol. The Balaban J connectivity index is 1.55. The molecule has 0 amide bonds. The second-order valence-electron chi connectivity index (χ2n) is 10.1. The average Bonchev–Trinajstić information content (AvgIpc) is 3.08. The monoisotopic (exact) mass is 590 g/mol. The van der Waals surface area contributed by atoms with E-state index in [1.165, 1.54) is 14.2 Å². The largest absolute Gasteiger partial charge is 0.495 e. The topological polar surface area (TPSA) is 95.1 Å². The van der Waals surface area contributed by atoms with Crippen LogP contribution in [-0.4, -0.2) is 46.4 Å². The van der Waals surface area contributed by atoms with Crippen molar-refractivity contribution >= 4 is 23.3 Å². The molecule has 8 heteroatoms. The van der Waals surface area contributed by atoms with E-state index in [0.29, 0.717) is 39.7 Å². The number of esters is 2. The number of ether oxygens (including phenoxy) is 4. The van der Waals surface area contributed by atoms with Crippen molar-refractivity contribution in [2.24, 2.45) is 0 Å². The lowest BCUT2D eigenvalue weighted by Gasteiger charge is -2.29. The number of hydrogen-bond donors (Lipinski definition) is 2. The standard InChI is InChI=1S/C36H34N2O6/c1-41-33-17-15-25(23-11-7-5-8-12-23)19-31(33)37-29-21-28(36(40)44-4)30(22-27(29)35(39)43-3)38-32-20-26(16-18-34(32)42-2)24-13-9-6-10-14-24/h5-21,30,37-38H,22H2,1-4H3. The molecule has 0 bridgehead atoms. The summed E-state index contributed by atoms with van der Waals surface area (Å²) in [6, 6.07) is 30.8. The van der Waals surface area contributed by atoms with E-state index in [-0.39, 0.29) is 6.42 Å². The molecule has 1 aliphatic rings. The highest BCUT2D eigenvalue weighted by Crippen LogP contribution is 2.37. The van der Waals surface area contributed by atoms with Gasteiger partial charge in [-0.3, -0.25) is 0 Å². The highest BCUT2D eigenvalue weighted by molar-refractivity contribution is 5.97. The maximum absolute atomic E-state index is 13.2. The number of carbonyl (C=O) groups excluding carboxylic acids is 2. The summed E-state index contributed by atoms with van der Waals surface area (Å²) in [4.78, 5) is 26.3. The Bertz CT molecular complexity index is 1710. The van der Waals surface area contributed by atoms with Crippen molar-refractivity contribution in [1.29, 1.82) is 0 Å².